The van der Waals surface area contributed by atoms with Crippen molar-refractivity contribution in [2.24, 2.45) is 23.7 Å². The maximum Gasteiger partial charge on any atom is 0.243 e. The number of likely N-dealkylation sites (tertiary alicyclic amines) is 1. The van der Waals surface area contributed by atoms with Crippen LogP contribution in [0, 0.1) is 23.7 Å². The first kappa shape index (κ1) is 18.8. The Kier molecular flexibility index (Phi) is 4.92. The molecule has 0 aromatic heterocycles. The monoisotopic (exact) mass is 394 g/mol. The first-order valence-corrected chi connectivity index (χ1v) is 11.3. The number of nitrogens with one attached hydrogen (secondary N) is 1. The Balaban J connectivity index is 1.41. The SMILES string of the molecule is O=C(NC1CCCCC1)[C@H](Cc1ccccc1)N1C(=O)[C@@H]2[C@H]3CC[C@@H](C3)[C@H]2C1=O. The minimum atomic E-state index is -0.732. The van der Waals surface area contributed by atoms with Gasteiger partial charge in [0.2, 0.25) is 17.7 Å². The van der Waals surface area contributed by atoms with E-state index in [1.165, 1.54) is 11.3 Å². The van der Waals surface area contributed by atoms with Gasteiger partial charge in [0.25, 0.3) is 0 Å². The predicted octanol–water partition coefficient (Wildman–Crippen LogP) is 3.08. The predicted molar refractivity (Wildman–Crippen MR) is 109 cm³/mol. The summed E-state index contributed by atoms with van der Waals surface area (Å²) < 4.78 is 0. The molecule has 5 nitrogen and oxygen atoms in total. The van der Waals surface area contributed by atoms with Gasteiger partial charge in [-0.15, -0.1) is 0 Å². The van der Waals surface area contributed by atoms with Crippen LogP contribution in [0.5, 0.6) is 0 Å². The fourth-order valence-electron chi connectivity index (χ4n) is 6.42. The number of hydrogen-bond acceptors (Lipinski definition) is 3. The number of carbonyl (C=O) groups excluding carboxylic acids is 3. The van der Waals surface area contributed by atoms with E-state index in [2.05, 4.69) is 5.32 Å². The number of benzene rings is 1. The number of imide groups is 1. The van der Waals surface area contributed by atoms with E-state index in [0.29, 0.717) is 18.3 Å². The van der Waals surface area contributed by atoms with Crippen LogP contribution in [-0.4, -0.2) is 34.7 Å². The van der Waals surface area contributed by atoms with E-state index in [1.807, 2.05) is 30.3 Å². The smallest absolute Gasteiger partial charge is 0.243 e. The summed E-state index contributed by atoms with van der Waals surface area (Å²) in [6.07, 6.45) is 8.96. The highest BCUT2D eigenvalue weighted by Crippen LogP contribution is 2.56. The second kappa shape index (κ2) is 7.58. The van der Waals surface area contributed by atoms with Gasteiger partial charge in [-0.3, -0.25) is 19.3 Å². The molecule has 5 heteroatoms. The third-order valence-electron chi connectivity index (χ3n) is 7.80. The zero-order valence-corrected chi connectivity index (χ0v) is 16.9. The molecule has 3 saturated carbocycles. The Morgan fingerprint density at radius 3 is 2.17 bits per heavy atom. The molecule has 1 aromatic carbocycles. The van der Waals surface area contributed by atoms with Crippen LogP contribution in [0.4, 0.5) is 0 Å². The minimum Gasteiger partial charge on any atom is -0.352 e. The van der Waals surface area contributed by atoms with Crippen LogP contribution in [0.1, 0.15) is 56.9 Å². The molecule has 0 spiro atoms. The van der Waals surface area contributed by atoms with Gasteiger partial charge in [-0.25, -0.2) is 0 Å². The van der Waals surface area contributed by atoms with Crippen molar-refractivity contribution in [1.29, 1.82) is 0 Å². The molecule has 1 saturated heterocycles. The summed E-state index contributed by atoms with van der Waals surface area (Å²) in [4.78, 5) is 41.4. The molecule has 1 heterocycles. The van der Waals surface area contributed by atoms with E-state index < -0.39 is 6.04 Å². The number of fused-ring (bicyclic) bond motifs is 5. The van der Waals surface area contributed by atoms with Crippen molar-refractivity contribution in [3.05, 3.63) is 35.9 Å². The molecular formula is C24H30N2O3. The van der Waals surface area contributed by atoms with Crippen LogP contribution in [-0.2, 0) is 20.8 Å². The van der Waals surface area contributed by atoms with Crippen LogP contribution < -0.4 is 5.32 Å². The van der Waals surface area contributed by atoms with Gasteiger partial charge in [-0.05, 0) is 49.5 Å². The number of hydrogen-bond donors (Lipinski definition) is 1. The Morgan fingerprint density at radius 2 is 1.55 bits per heavy atom. The molecule has 4 fully saturated rings. The molecule has 1 N–H and O–H groups in total. The van der Waals surface area contributed by atoms with E-state index in [4.69, 9.17) is 0 Å². The first-order chi connectivity index (χ1) is 14.1. The van der Waals surface area contributed by atoms with Crippen LogP contribution in [0.25, 0.3) is 0 Å². The van der Waals surface area contributed by atoms with Crippen molar-refractivity contribution in [3.63, 3.8) is 0 Å². The van der Waals surface area contributed by atoms with E-state index in [-0.39, 0.29) is 35.6 Å². The van der Waals surface area contributed by atoms with Crippen LogP contribution in [0.3, 0.4) is 0 Å². The average molecular weight is 395 g/mol. The molecule has 5 rings (SSSR count). The highest BCUT2D eigenvalue weighted by molar-refractivity contribution is 6.09. The summed E-state index contributed by atoms with van der Waals surface area (Å²) in [5.41, 5.74) is 0.983. The van der Waals surface area contributed by atoms with Crippen molar-refractivity contribution in [2.75, 3.05) is 0 Å². The maximum absolute atomic E-state index is 13.3. The largest absolute Gasteiger partial charge is 0.352 e. The lowest BCUT2D eigenvalue weighted by atomic mass is 9.81. The molecule has 0 radical (unpaired) electrons. The maximum atomic E-state index is 13.3. The lowest BCUT2D eigenvalue weighted by Gasteiger charge is -2.30. The Bertz CT molecular complexity index is 774. The van der Waals surface area contributed by atoms with E-state index >= 15 is 0 Å². The number of amides is 3. The number of rotatable bonds is 5. The van der Waals surface area contributed by atoms with E-state index in [9.17, 15) is 14.4 Å². The highest BCUT2D eigenvalue weighted by atomic mass is 16.2. The molecule has 3 amide bonds. The third kappa shape index (κ3) is 3.28. The van der Waals surface area contributed by atoms with Crippen molar-refractivity contribution in [3.8, 4) is 0 Å². The van der Waals surface area contributed by atoms with Gasteiger partial charge in [0, 0.05) is 12.5 Å². The third-order valence-corrected chi connectivity index (χ3v) is 7.80. The summed E-state index contributed by atoms with van der Waals surface area (Å²) in [6, 6.07) is 9.19. The molecule has 1 aromatic rings. The fraction of sp³-hybridized carbons (Fsp3) is 0.625. The summed E-state index contributed by atoms with van der Waals surface area (Å²) >= 11 is 0. The van der Waals surface area contributed by atoms with Gasteiger partial charge in [0.05, 0.1) is 11.8 Å². The lowest BCUT2D eigenvalue weighted by Crippen LogP contribution is -2.53. The molecule has 1 aliphatic heterocycles. The summed E-state index contributed by atoms with van der Waals surface area (Å²) in [5.74, 6) is -0.0203. The topological polar surface area (TPSA) is 66.5 Å². The number of carbonyl (C=O) groups is 3. The molecule has 2 bridgehead atoms. The van der Waals surface area contributed by atoms with Gasteiger partial charge >= 0.3 is 0 Å². The molecule has 29 heavy (non-hydrogen) atoms. The van der Waals surface area contributed by atoms with Crippen LogP contribution >= 0.6 is 0 Å². The first-order valence-electron chi connectivity index (χ1n) is 11.3. The second-order valence-corrected chi connectivity index (χ2v) is 9.48. The zero-order valence-electron chi connectivity index (χ0n) is 16.9. The number of nitrogens with zero attached hydrogens (tertiary/aromatic N) is 1. The average Bonchev–Trinajstić information content (AvgIpc) is 3.42. The normalized spacial score (nSPS) is 32.5. The van der Waals surface area contributed by atoms with Crippen LogP contribution in [0.15, 0.2) is 30.3 Å². The molecular weight excluding hydrogens is 364 g/mol. The Hall–Kier alpha value is -2.17. The molecule has 5 atom stereocenters. The molecule has 0 unspecified atom stereocenters. The Morgan fingerprint density at radius 1 is 0.931 bits per heavy atom. The zero-order chi connectivity index (χ0) is 20.0. The lowest BCUT2D eigenvalue weighted by molar-refractivity contribution is -0.149. The van der Waals surface area contributed by atoms with Crippen molar-refractivity contribution >= 4 is 17.7 Å². The van der Waals surface area contributed by atoms with Gasteiger partial charge in [-0.1, -0.05) is 49.6 Å². The Labute approximate surface area is 172 Å². The fourth-order valence-corrected chi connectivity index (χ4v) is 6.42. The van der Waals surface area contributed by atoms with Gasteiger partial charge in [0.1, 0.15) is 6.04 Å². The van der Waals surface area contributed by atoms with Crippen LogP contribution in [0.2, 0.25) is 0 Å². The summed E-state index contributed by atoms with van der Waals surface area (Å²) in [5, 5.41) is 3.18. The minimum absolute atomic E-state index is 0.0908. The van der Waals surface area contributed by atoms with Crippen molar-refractivity contribution in [2.45, 2.75) is 69.9 Å². The quantitative estimate of drug-likeness (QED) is 0.781. The van der Waals surface area contributed by atoms with E-state index in [0.717, 1.165) is 50.5 Å². The van der Waals surface area contributed by atoms with Gasteiger partial charge < -0.3 is 5.32 Å². The van der Waals surface area contributed by atoms with Gasteiger partial charge in [0.15, 0.2) is 0 Å². The molecule has 154 valence electrons. The molecule has 3 aliphatic carbocycles. The van der Waals surface area contributed by atoms with Crippen molar-refractivity contribution < 1.29 is 14.4 Å². The van der Waals surface area contributed by atoms with Gasteiger partial charge in [-0.2, -0.15) is 0 Å². The van der Waals surface area contributed by atoms with E-state index in [1.54, 1.807) is 0 Å². The standard InChI is InChI=1S/C24H30N2O3/c27-22(25-18-9-5-2-6-10-18)19(13-15-7-3-1-4-8-15)26-23(28)20-16-11-12-17(14-16)21(20)24(26)29/h1,3-4,7-8,16-21H,2,5-6,9-14H2,(H,25,27)/t16-,17-,19-,20+,21+/m0/s1. The van der Waals surface area contributed by atoms with Crippen molar-refractivity contribution in [1.82, 2.24) is 10.2 Å². The summed E-state index contributed by atoms with van der Waals surface area (Å²) in [6.45, 7) is 0. The molecule has 4 aliphatic rings. The highest BCUT2D eigenvalue weighted by Gasteiger charge is 2.62. The second-order valence-electron chi connectivity index (χ2n) is 9.48. The summed E-state index contributed by atoms with van der Waals surface area (Å²) in [7, 11) is 0.